The van der Waals surface area contributed by atoms with Crippen molar-refractivity contribution in [2.75, 3.05) is 33.4 Å². The summed E-state index contributed by atoms with van der Waals surface area (Å²) in [6, 6.07) is 7.88. The van der Waals surface area contributed by atoms with Gasteiger partial charge in [0.1, 0.15) is 10.9 Å². The molecule has 0 spiro atoms. The second-order valence-corrected chi connectivity index (χ2v) is 9.53. The number of thiocarbonyl (C=S) groups is 1. The molecule has 7 nitrogen and oxygen atoms in total. The molecule has 3 heterocycles. The lowest BCUT2D eigenvalue weighted by atomic mass is 10.1. The number of rotatable bonds is 9. The highest BCUT2D eigenvalue weighted by Gasteiger charge is 2.34. The van der Waals surface area contributed by atoms with E-state index >= 15 is 0 Å². The molecule has 1 aromatic carbocycles. The van der Waals surface area contributed by atoms with Gasteiger partial charge in [-0.3, -0.25) is 14.5 Å². The van der Waals surface area contributed by atoms with Gasteiger partial charge in [0.15, 0.2) is 0 Å². The molecular formula is C23H27N3O4S2. The standard InChI is InChI=1S/C23H27N3O4S2/c1-29-10-5-9-24-21(27)15-25-13-16(18-7-2-3-8-19(18)25)12-20-22(28)26(23(31)32-20)14-17-6-4-11-30-17/h2-3,7-8,12-13,17H,4-6,9-11,14-15H2,1H3,(H,24,27)/b20-12-/t17-/m0/s1. The smallest absolute Gasteiger partial charge is 0.266 e. The van der Waals surface area contributed by atoms with Gasteiger partial charge >= 0.3 is 0 Å². The molecule has 2 aromatic rings. The first kappa shape index (κ1) is 23.0. The molecule has 0 unspecified atom stereocenters. The van der Waals surface area contributed by atoms with Crippen LogP contribution in [-0.2, 0) is 25.6 Å². The average molecular weight is 474 g/mol. The molecule has 0 saturated carbocycles. The van der Waals surface area contributed by atoms with E-state index in [2.05, 4.69) is 5.32 Å². The van der Waals surface area contributed by atoms with Crippen LogP contribution < -0.4 is 5.32 Å². The number of carbonyl (C=O) groups is 2. The monoisotopic (exact) mass is 473 g/mol. The summed E-state index contributed by atoms with van der Waals surface area (Å²) in [5.74, 6) is -0.139. The van der Waals surface area contributed by atoms with E-state index in [0.717, 1.165) is 42.3 Å². The Morgan fingerprint density at radius 3 is 3.03 bits per heavy atom. The maximum Gasteiger partial charge on any atom is 0.266 e. The normalized spacial score (nSPS) is 20.1. The Morgan fingerprint density at radius 1 is 1.41 bits per heavy atom. The fourth-order valence-corrected chi connectivity index (χ4v) is 5.23. The van der Waals surface area contributed by atoms with Gasteiger partial charge in [0.2, 0.25) is 5.91 Å². The number of methoxy groups -OCH3 is 1. The largest absolute Gasteiger partial charge is 0.385 e. The van der Waals surface area contributed by atoms with E-state index in [4.69, 9.17) is 21.7 Å². The molecule has 4 rings (SSSR count). The number of carbonyl (C=O) groups excluding carboxylic acids is 2. The third-order valence-corrected chi connectivity index (χ3v) is 6.93. The van der Waals surface area contributed by atoms with Crippen LogP contribution in [0.5, 0.6) is 0 Å². The Hall–Kier alpha value is -2.20. The van der Waals surface area contributed by atoms with Gasteiger partial charge in [-0.1, -0.05) is 42.2 Å². The first-order valence-corrected chi connectivity index (χ1v) is 12.0. The van der Waals surface area contributed by atoms with Crippen molar-refractivity contribution in [3.8, 4) is 0 Å². The lowest BCUT2D eigenvalue weighted by Crippen LogP contribution is -2.35. The Bertz CT molecular complexity index is 1040. The molecule has 0 aliphatic carbocycles. The summed E-state index contributed by atoms with van der Waals surface area (Å²) in [7, 11) is 1.64. The lowest BCUT2D eigenvalue weighted by Gasteiger charge is -2.18. The highest BCUT2D eigenvalue weighted by Crippen LogP contribution is 2.35. The third-order valence-electron chi connectivity index (χ3n) is 5.55. The summed E-state index contributed by atoms with van der Waals surface area (Å²) < 4.78 is 13.2. The zero-order valence-electron chi connectivity index (χ0n) is 18.0. The van der Waals surface area contributed by atoms with Gasteiger partial charge in [0.25, 0.3) is 5.91 Å². The Morgan fingerprint density at radius 2 is 2.25 bits per heavy atom. The molecule has 32 heavy (non-hydrogen) atoms. The molecule has 2 fully saturated rings. The van der Waals surface area contributed by atoms with Crippen molar-refractivity contribution in [2.45, 2.75) is 31.9 Å². The molecule has 2 amide bonds. The van der Waals surface area contributed by atoms with Gasteiger partial charge in [0, 0.05) is 49.5 Å². The fraction of sp³-hybridized carbons (Fsp3) is 0.435. The van der Waals surface area contributed by atoms with Crippen LogP contribution in [-0.4, -0.2) is 65.1 Å². The van der Waals surface area contributed by atoms with Crippen molar-refractivity contribution in [3.05, 3.63) is 40.9 Å². The second-order valence-electron chi connectivity index (χ2n) is 7.85. The molecular weight excluding hydrogens is 446 g/mol. The summed E-state index contributed by atoms with van der Waals surface area (Å²) in [5.41, 5.74) is 1.84. The molecule has 2 aliphatic rings. The molecule has 1 aromatic heterocycles. The molecule has 9 heteroatoms. The minimum absolute atomic E-state index is 0.0566. The van der Waals surface area contributed by atoms with Crippen LogP contribution >= 0.6 is 24.0 Å². The number of aromatic nitrogens is 1. The number of nitrogens with zero attached hydrogens (tertiary/aromatic N) is 2. The zero-order valence-corrected chi connectivity index (χ0v) is 19.7. The highest BCUT2D eigenvalue weighted by molar-refractivity contribution is 8.26. The van der Waals surface area contributed by atoms with E-state index in [0.29, 0.717) is 28.9 Å². The van der Waals surface area contributed by atoms with Crippen molar-refractivity contribution < 1.29 is 19.1 Å². The fourth-order valence-electron chi connectivity index (χ4n) is 3.97. The summed E-state index contributed by atoms with van der Waals surface area (Å²) in [6.45, 7) is 2.65. The van der Waals surface area contributed by atoms with Crippen LogP contribution in [0.2, 0.25) is 0 Å². The van der Waals surface area contributed by atoms with Crippen LogP contribution in [0.4, 0.5) is 0 Å². The van der Waals surface area contributed by atoms with Gasteiger partial charge in [0.05, 0.1) is 17.6 Å². The molecule has 2 aliphatic heterocycles. The molecule has 0 bridgehead atoms. The van der Waals surface area contributed by atoms with Crippen molar-refractivity contribution in [2.24, 2.45) is 0 Å². The highest BCUT2D eigenvalue weighted by atomic mass is 32.2. The number of thioether (sulfide) groups is 1. The van der Waals surface area contributed by atoms with Crippen LogP contribution in [0.15, 0.2) is 35.4 Å². The predicted molar refractivity (Wildman–Crippen MR) is 130 cm³/mol. The second kappa shape index (κ2) is 10.6. The predicted octanol–water partition coefficient (Wildman–Crippen LogP) is 3.17. The van der Waals surface area contributed by atoms with Crippen molar-refractivity contribution in [1.29, 1.82) is 0 Å². The quantitative estimate of drug-likeness (QED) is 0.343. The van der Waals surface area contributed by atoms with Crippen molar-refractivity contribution >= 4 is 57.1 Å². The van der Waals surface area contributed by atoms with Crippen LogP contribution in [0.3, 0.4) is 0 Å². The number of fused-ring (bicyclic) bond motifs is 1. The molecule has 1 N–H and O–H groups in total. The van der Waals surface area contributed by atoms with E-state index in [1.807, 2.05) is 41.1 Å². The summed E-state index contributed by atoms with van der Waals surface area (Å²) in [4.78, 5) is 27.7. The minimum Gasteiger partial charge on any atom is -0.385 e. The number of benzene rings is 1. The first-order chi connectivity index (χ1) is 15.6. The number of para-hydroxylation sites is 1. The van der Waals surface area contributed by atoms with E-state index in [1.54, 1.807) is 12.0 Å². The Balaban J connectivity index is 1.51. The molecule has 0 radical (unpaired) electrons. The zero-order chi connectivity index (χ0) is 22.5. The SMILES string of the molecule is COCCCNC(=O)Cn1cc(/C=C2\SC(=S)N(C[C@@H]3CCCO3)C2=O)c2ccccc21. The molecule has 1 atom stereocenters. The summed E-state index contributed by atoms with van der Waals surface area (Å²) in [5, 5.41) is 3.91. The average Bonchev–Trinajstić information content (AvgIpc) is 3.48. The molecule has 2 saturated heterocycles. The van der Waals surface area contributed by atoms with Crippen LogP contribution in [0.1, 0.15) is 24.8 Å². The van der Waals surface area contributed by atoms with E-state index in [-0.39, 0.29) is 24.5 Å². The minimum atomic E-state index is -0.0804. The van der Waals surface area contributed by atoms with Crippen LogP contribution in [0, 0.1) is 0 Å². The van der Waals surface area contributed by atoms with Crippen LogP contribution in [0.25, 0.3) is 17.0 Å². The summed E-state index contributed by atoms with van der Waals surface area (Å²) in [6.07, 6.45) is 6.61. The van der Waals surface area contributed by atoms with E-state index in [1.165, 1.54) is 11.8 Å². The first-order valence-electron chi connectivity index (χ1n) is 10.8. The van der Waals surface area contributed by atoms with Gasteiger partial charge < -0.3 is 19.4 Å². The number of hydrogen-bond donors (Lipinski definition) is 1. The Labute approximate surface area is 197 Å². The van der Waals surface area contributed by atoms with Gasteiger partial charge in [-0.25, -0.2) is 0 Å². The van der Waals surface area contributed by atoms with Crippen molar-refractivity contribution in [1.82, 2.24) is 14.8 Å². The summed E-state index contributed by atoms with van der Waals surface area (Å²) >= 11 is 6.79. The lowest BCUT2D eigenvalue weighted by molar-refractivity contribution is -0.123. The van der Waals surface area contributed by atoms with Gasteiger partial charge in [-0.05, 0) is 31.4 Å². The number of nitrogens with one attached hydrogen (secondary N) is 1. The Kier molecular flexibility index (Phi) is 7.62. The number of hydrogen-bond acceptors (Lipinski definition) is 6. The maximum absolute atomic E-state index is 13.0. The van der Waals surface area contributed by atoms with E-state index < -0.39 is 0 Å². The molecule has 170 valence electrons. The van der Waals surface area contributed by atoms with E-state index in [9.17, 15) is 9.59 Å². The van der Waals surface area contributed by atoms with Crippen molar-refractivity contribution in [3.63, 3.8) is 0 Å². The third kappa shape index (κ3) is 5.23. The van der Waals surface area contributed by atoms with Gasteiger partial charge in [-0.2, -0.15) is 0 Å². The van der Waals surface area contributed by atoms with Gasteiger partial charge in [-0.15, -0.1) is 0 Å². The number of ether oxygens (including phenoxy) is 2. The maximum atomic E-state index is 13.0. The number of amides is 2. The topological polar surface area (TPSA) is 72.8 Å².